The molecule has 0 aliphatic rings. The van der Waals surface area contributed by atoms with Crippen molar-refractivity contribution in [3.8, 4) is 5.75 Å². The van der Waals surface area contributed by atoms with Gasteiger partial charge in [0, 0.05) is 12.5 Å². The summed E-state index contributed by atoms with van der Waals surface area (Å²) < 4.78 is 11.7. The fraction of sp³-hybridized carbons (Fsp3) is 0.238. The van der Waals surface area contributed by atoms with Crippen LogP contribution in [0.15, 0.2) is 42.6 Å². The highest BCUT2D eigenvalue weighted by atomic mass is 16.6. The number of amides is 1. The van der Waals surface area contributed by atoms with Gasteiger partial charge in [0.15, 0.2) is 6.61 Å². The molecule has 0 fully saturated rings. The molecule has 0 spiro atoms. The molecule has 0 aliphatic heterocycles. The molecule has 2 heterocycles. The normalized spacial score (nSPS) is 10.7. The first kappa shape index (κ1) is 20.1. The van der Waals surface area contributed by atoms with E-state index in [2.05, 4.69) is 9.84 Å². The van der Waals surface area contributed by atoms with Crippen LogP contribution >= 0.6 is 0 Å². The Bertz CT molecular complexity index is 1070. The van der Waals surface area contributed by atoms with Crippen LogP contribution in [0.4, 0.5) is 0 Å². The summed E-state index contributed by atoms with van der Waals surface area (Å²) in [5.41, 5.74) is 8.20. The number of ketones is 1. The molecular weight excluding hydrogens is 374 g/mol. The van der Waals surface area contributed by atoms with Crippen LogP contribution in [0.3, 0.4) is 0 Å². The van der Waals surface area contributed by atoms with Crippen molar-refractivity contribution in [3.63, 3.8) is 0 Å². The van der Waals surface area contributed by atoms with Crippen LogP contribution < -0.4 is 10.5 Å². The molecule has 0 saturated heterocycles. The predicted octanol–water partition coefficient (Wildman–Crippen LogP) is 1.71. The third-order valence-electron chi connectivity index (χ3n) is 4.59. The number of aromatic nitrogens is 2. The molecule has 150 valence electrons. The summed E-state index contributed by atoms with van der Waals surface area (Å²) in [5.74, 6) is -2.23. The minimum Gasteiger partial charge on any atom is -0.480 e. The van der Waals surface area contributed by atoms with Crippen LogP contribution in [0.5, 0.6) is 5.75 Å². The Kier molecular flexibility index (Phi) is 5.92. The van der Waals surface area contributed by atoms with Crippen molar-refractivity contribution < 1.29 is 23.9 Å². The van der Waals surface area contributed by atoms with Crippen LogP contribution in [0.25, 0.3) is 5.52 Å². The van der Waals surface area contributed by atoms with E-state index in [1.807, 2.05) is 37.3 Å². The van der Waals surface area contributed by atoms with Gasteiger partial charge in [0.05, 0.1) is 24.6 Å². The summed E-state index contributed by atoms with van der Waals surface area (Å²) in [7, 11) is 1.25. The van der Waals surface area contributed by atoms with E-state index in [1.54, 1.807) is 4.52 Å². The first-order chi connectivity index (χ1) is 14.0. The Balaban J connectivity index is 2.23. The highest BCUT2D eigenvalue weighted by molar-refractivity contribution is 6.44. The van der Waals surface area contributed by atoms with Gasteiger partial charge in [0.25, 0.3) is 11.7 Å². The standard InChI is InChI=1S/C21H21N3O5/c1-3-14-15(11-13-7-5-4-6-8-13)24-19(18(14)20(26)21(22)27)16(9-10-23-24)29-12-17(25)28-2/h4-10H,3,11-12H2,1-2H3,(H2,22,27). The third-order valence-corrected chi connectivity index (χ3v) is 4.59. The van der Waals surface area contributed by atoms with Crippen LogP contribution in [-0.4, -0.2) is 41.0 Å². The largest absolute Gasteiger partial charge is 0.480 e. The number of primary amides is 1. The average Bonchev–Trinajstić information content (AvgIpc) is 3.05. The molecule has 2 N–H and O–H groups in total. The fourth-order valence-electron chi connectivity index (χ4n) is 3.29. The summed E-state index contributed by atoms with van der Waals surface area (Å²) >= 11 is 0. The molecule has 0 bridgehead atoms. The number of Topliss-reactive ketones (excluding diaryl/α,β-unsaturated/α-hetero) is 1. The first-order valence-corrected chi connectivity index (χ1v) is 9.07. The molecule has 8 heteroatoms. The van der Waals surface area contributed by atoms with Crippen molar-refractivity contribution in [1.82, 2.24) is 9.61 Å². The van der Waals surface area contributed by atoms with Gasteiger partial charge in [-0.25, -0.2) is 9.31 Å². The second kappa shape index (κ2) is 8.55. The van der Waals surface area contributed by atoms with Gasteiger partial charge >= 0.3 is 5.97 Å². The van der Waals surface area contributed by atoms with Crippen LogP contribution in [-0.2, 0) is 27.2 Å². The van der Waals surface area contributed by atoms with Gasteiger partial charge in [0.2, 0.25) is 0 Å². The average molecular weight is 395 g/mol. The third kappa shape index (κ3) is 3.96. The maximum absolute atomic E-state index is 12.7. The molecule has 3 rings (SSSR count). The SMILES string of the molecule is CCc1c(C(=O)C(N)=O)c2c(OCC(=O)OC)ccnn2c1Cc1ccccc1. The number of rotatable bonds is 8. The number of ether oxygens (including phenoxy) is 2. The molecule has 3 aromatic rings. The van der Waals surface area contributed by atoms with Gasteiger partial charge in [-0.2, -0.15) is 5.10 Å². The van der Waals surface area contributed by atoms with Gasteiger partial charge in [-0.1, -0.05) is 37.3 Å². The monoisotopic (exact) mass is 395 g/mol. The van der Waals surface area contributed by atoms with Crippen molar-refractivity contribution in [2.45, 2.75) is 19.8 Å². The van der Waals surface area contributed by atoms with E-state index in [0.717, 1.165) is 11.3 Å². The lowest BCUT2D eigenvalue weighted by atomic mass is 9.99. The number of benzene rings is 1. The maximum atomic E-state index is 12.7. The molecule has 1 amide bonds. The van der Waals surface area contributed by atoms with Gasteiger partial charge in [0.1, 0.15) is 11.3 Å². The topological polar surface area (TPSA) is 113 Å². The zero-order valence-corrected chi connectivity index (χ0v) is 16.2. The van der Waals surface area contributed by atoms with E-state index in [-0.39, 0.29) is 17.9 Å². The second-order valence-corrected chi connectivity index (χ2v) is 6.33. The molecule has 0 unspecified atom stereocenters. The number of hydrogen-bond donors (Lipinski definition) is 1. The van der Waals surface area contributed by atoms with Crippen molar-refractivity contribution in [2.24, 2.45) is 5.73 Å². The lowest BCUT2D eigenvalue weighted by Crippen LogP contribution is -2.24. The van der Waals surface area contributed by atoms with Gasteiger partial charge in [-0.15, -0.1) is 0 Å². The first-order valence-electron chi connectivity index (χ1n) is 9.07. The Hall–Kier alpha value is -3.68. The molecule has 0 saturated carbocycles. The number of nitrogens with zero attached hydrogens (tertiary/aromatic N) is 2. The Labute approximate surface area is 167 Å². The summed E-state index contributed by atoms with van der Waals surface area (Å²) in [6, 6.07) is 11.2. The molecular formula is C21H21N3O5. The highest BCUT2D eigenvalue weighted by Gasteiger charge is 2.28. The number of hydrogen-bond acceptors (Lipinski definition) is 6. The van der Waals surface area contributed by atoms with Crippen molar-refractivity contribution in [3.05, 3.63) is 65.0 Å². The maximum Gasteiger partial charge on any atom is 0.343 e. The zero-order valence-electron chi connectivity index (χ0n) is 16.2. The number of methoxy groups -OCH3 is 1. The minimum atomic E-state index is -1.07. The van der Waals surface area contributed by atoms with E-state index in [9.17, 15) is 14.4 Å². The fourth-order valence-corrected chi connectivity index (χ4v) is 3.29. The van der Waals surface area contributed by atoms with E-state index in [1.165, 1.54) is 19.4 Å². The van der Waals surface area contributed by atoms with Crippen molar-refractivity contribution >= 4 is 23.2 Å². The van der Waals surface area contributed by atoms with E-state index in [4.69, 9.17) is 10.5 Å². The lowest BCUT2D eigenvalue weighted by molar-refractivity contribution is -0.142. The summed E-state index contributed by atoms with van der Waals surface area (Å²) in [4.78, 5) is 35.9. The minimum absolute atomic E-state index is 0.152. The molecule has 0 atom stereocenters. The quantitative estimate of drug-likeness (QED) is 0.353. The zero-order chi connectivity index (χ0) is 21.0. The summed E-state index contributed by atoms with van der Waals surface area (Å²) in [5, 5.41) is 4.37. The Morgan fingerprint density at radius 1 is 1.14 bits per heavy atom. The van der Waals surface area contributed by atoms with Gasteiger partial charge < -0.3 is 15.2 Å². The van der Waals surface area contributed by atoms with E-state index in [0.29, 0.717) is 23.9 Å². The van der Waals surface area contributed by atoms with Crippen molar-refractivity contribution in [1.29, 1.82) is 0 Å². The molecule has 0 aliphatic carbocycles. The molecule has 29 heavy (non-hydrogen) atoms. The molecule has 8 nitrogen and oxygen atoms in total. The lowest BCUT2D eigenvalue weighted by Gasteiger charge is -2.08. The van der Waals surface area contributed by atoms with Crippen LogP contribution in [0, 0.1) is 0 Å². The van der Waals surface area contributed by atoms with Gasteiger partial charge in [-0.05, 0) is 17.5 Å². The summed E-state index contributed by atoms with van der Waals surface area (Å²) in [6.07, 6.45) is 2.48. The van der Waals surface area contributed by atoms with Crippen molar-refractivity contribution in [2.75, 3.05) is 13.7 Å². The molecule has 2 aromatic heterocycles. The number of carbonyl (C=O) groups excluding carboxylic acids is 3. The predicted molar refractivity (Wildman–Crippen MR) is 105 cm³/mol. The Morgan fingerprint density at radius 2 is 1.86 bits per heavy atom. The smallest absolute Gasteiger partial charge is 0.343 e. The number of nitrogens with two attached hydrogens (primary N) is 1. The number of fused-ring (bicyclic) bond motifs is 1. The number of carbonyl (C=O) groups is 3. The number of esters is 1. The van der Waals surface area contributed by atoms with E-state index < -0.39 is 17.7 Å². The van der Waals surface area contributed by atoms with Crippen LogP contribution in [0.1, 0.15) is 34.1 Å². The molecule has 0 radical (unpaired) electrons. The van der Waals surface area contributed by atoms with Crippen LogP contribution in [0.2, 0.25) is 0 Å². The second-order valence-electron chi connectivity index (χ2n) is 6.33. The summed E-state index contributed by atoms with van der Waals surface area (Å²) in [6.45, 7) is 1.54. The highest BCUT2D eigenvalue weighted by Crippen LogP contribution is 2.32. The molecule has 1 aromatic carbocycles. The van der Waals surface area contributed by atoms with Gasteiger partial charge in [-0.3, -0.25) is 9.59 Å². The van der Waals surface area contributed by atoms with E-state index >= 15 is 0 Å². The Morgan fingerprint density at radius 3 is 2.48 bits per heavy atom.